The quantitative estimate of drug-likeness (QED) is 0.774. The first-order chi connectivity index (χ1) is 6.74. The molecule has 3 nitrogen and oxygen atoms in total. The van der Waals surface area contributed by atoms with E-state index in [2.05, 4.69) is 0 Å². The maximum absolute atomic E-state index is 8.86. The standard InChI is InChI=1S/C10H11ClN2O.CH4/c11-7-6-13(4-5-14)9-3-1-2-8(12)10(7)9;/h1-3,6,14H,4-5,12H2;1H4. The van der Waals surface area contributed by atoms with E-state index in [0.29, 0.717) is 17.3 Å². The van der Waals surface area contributed by atoms with Crippen molar-refractivity contribution in [3.63, 3.8) is 0 Å². The zero-order valence-electron chi connectivity index (χ0n) is 7.57. The van der Waals surface area contributed by atoms with Crippen molar-refractivity contribution in [3.05, 3.63) is 29.4 Å². The van der Waals surface area contributed by atoms with E-state index in [4.69, 9.17) is 22.4 Å². The Balaban J connectivity index is 0.00000112. The smallest absolute Gasteiger partial charge is 0.0682 e. The number of fused-ring (bicyclic) bond motifs is 1. The lowest BCUT2D eigenvalue weighted by molar-refractivity contribution is 0.278. The molecular formula is C11H15ClN2O. The third-order valence-corrected chi connectivity index (χ3v) is 2.52. The molecule has 0 saturated carbocycles. The summed E-state index contributed by atoms with van der Waals surface area (Å²) in [6, 6.07) is 5.63. The van der Waals surface area contributed by atoms with Gasteiger partial charge in [0.1, 0.15) is 0 Å². The molecule has 1 aromatic heterocycles. The highest BCUT2D eigenvalue weighted by Crippen LogP contribution is 2.30. The molecule has 0 aliphatic heterocycles. The molecular weight excluding hydrogens is 212 g/mol. The summed E-state index contributed by atoms with van der Waals surface area (Å²) in [5.74, 6) is 0. The lowest BCUT2D eigenvalue weighted by Gasteiger charge is -2.02. The molecule has 0 amide bonds. The minimum absolute atomic E-state index is 0. The summed E-state index contributed by atoms with van der Waals surface area (Å²) in [4.78, 5) is 0. The van der Waals surface area contributed by atoms with Gasteiger partial charge in [0.15, 0.2) is 0 Å². The molecule has 0 bridgehead atoms. The SMILES string of the molecule is C.Nc1cccc2c1c(Cl)cn2CCO. The highest BCUT2D eigenvalue weighted by molar-refractivity contribution is 6.36. The molecule has 0 unspecified atom stereocenters. The summed E-state index contributed by atoms with van der Waals surface area (Å²) in [6.07, 6.45) is 1.79. The van der Waals surface area contributed by atoms with Crippen LogP contribution in [0.2, 0.25) is 5.02 Å². The van der Waals surface area contributed by atoms with Gasteiger partial charge in [0.05, 0.1) is 17.1 Å². The molecule has 4 heteroatoms. The van der Waals surface area contributed by atoms with Crippen LogP contribution in [0, 0.1) is 0 Å². The number of aromatic nitrogens is 1. The van der Waals surface area contributed by atoms with Gasteiger partial charge in [-0.3, -0.25) is 0 Å². The van der Waals surface area contributed by atoms with Crippen molar-refractivity contribution in [3.8, 4) is 0 Å². The Morgan fingerprint density at radius 3 is 2.80 bits per heavy atom. The Morgan fingerprint density at radius 2 is 2.13 bits per heavy atom. The second kappa shape index (κ2) is 4.55. The summed E-state index contributed by atoms with van der Waals surface area (Å²) >= 11 is 6.04. The van der Waals surface area contributed by atoms with Crippen LogP contribution < -0.4 is 5.73 Å². The summed E-state index contributed by atoms with van der Waals surface area (Å²) in [7, 11) is 0. The number of aliphatic hydroxyl groups excluding tert-OH is 1. The van der Waals surface area contributed by atoms with Crippen LogP contribution in [0.15, 0.2) is 24.4 Å². The van der Waals surface area contributed by atoms with Gasteiger partial charge in [-0.25, -0.2) is 0 Å². The number of nitrogen functional groups attached to an aromatic ring is 1. The van der Waals surface area contributed by atoms with Gasteiger partial charge in [0.25, 0.3) is 0 Å². The molecule has 0 saturated heterocycles. The number of nitrogens with zero attached hydrogens (tertiary/aromatic N) is 1. The van der Waals surface area contributed by atoms with Gasteiger partial charge in [-0.2, -0.15) is 0 Å². The number of rotatable bonds is 2. The van der Waals surface area contributed by atoms with Crippen molar-refractivity contribution in [1.29, 1.82) is 0 Å². The van der Waals surface area contributed by atoms with E-state index in [1.54, 1.807) is 6.20 Å². The van der Waals surface area contributed by atoms with Crippen LogP contribution in [0.1, 0.15) is 7.43 Å². The van der Waals surface area contributed by atoms with Crippen molar-refractivity contribution < 1.29 is 5.11 Å². The summed E-state index contributed by atoms with van der Waals surface area (Å²) < 4.78 is 1.90. The monoisotopic (exact) mass is 226 g/mol. The van der Waals surface area contributed by atoms with Gasteiger partial charge in [0.2, 0.25) is 0 Å². The molecule has 1 aromatic carbocycles. The van der Waals surface area contributed by atoms with Gasteiger partial charge in [-0.05, 0) is 12.1 Å². The number of anilines is 1. The third kappa shape index (κ3) is 1.94. The number of halogens is 1. The predicted octanol–water partition coefficient (Wildman–Crippen LogP) is 2.51. The van der Waals surface area contributed by atoms with Crippen LogP contribution in [-0.4, -0.2) is 16.3 Å². The highest BCUT2D eigenvalue weighted by Gasteiger charge is 2.08. The Hall–Kier alpha value is -1.19. The van der Waals surface area contributed by atoms with Crippen LogP contribution >= 0.6 is 11.6 Å². The molecule has 2 aromatic rings. The molecule has 2 rings (SSSR count). The Morgan fingerprint density at radius 1 is 1.40 bits per heavy atom. The minimum Gasteiger partial charge on any atom is -0.398 e. The Labute approximate surface area is 94.1 Å². The summed E-state index contributed by atoms with van der Waals surface area (Å²) in [6.45, 7) is 0.627. The van der Waals surface area contributed by atoms with Gasteiger partial charge in [-0.1, -0.05) is 25.1 Å². The topological polar surface area (TPSA) is 51.2 Å². The number of benzene rings is 1. The molecule has 0 fully saturated rings. The van der Waals surface area contributed by atoms with Gasteiger partial charge in [0, 0.05) is 23.8 Å². The van der Waals surface area contributed by atoms with Crippen molar-refractivity contribution >= 4 is 28.2 Å². The number of hydrogen-bond donors (Lipinski definition) is 2. The van der Waals surface area contributed by atoms with Crippen LogP contribution in [0.4, 0.5) is 5.69 Å². The van der Waals surface area contributed by atoms with E-state index in [1.807, 2.05) is 22.8 Å². The van der Waals surface area contributed by atoms with Crippen LogP contribution in [0.25, 0.3) is 10.9 Å². The van der Waals surface area contributed by atoms with Gasteiger partial charge >= 0.3 is 0 Å². The van der Waals surface area contributed by atoms with E-state index >= 15 is 0 Å². The van der Waals surface area contributed by atoms with Gasteiger partial charge < -0.3 is 15.4 Å². The summed E-state index contributed by atoms with van der Waals surface area (Å²) in [5.41, 5.74) is 7.44. The van der Waals surface area contributed by atoms with Crippen molar-refractivity contribution in [2.75, 3.05) is 12.3 Å². The fraction of sp³-hybridized carbons (Fsp3) is 0.273. The van der Waals surface area contributed by atoms with Crippen molar-refractivity contribution in [2.24, 2.45) is 0 Å². The second-order valence-corrected chi connectivity index (χ2v) is 3.54. The van der Waals surface area contributed by atoms with Crippen molar-refractivity contribution in [1.82, 2.24) is 4.57 Å². The molecule has 0 aliphatic carbocycles. The maximum Gasteiger partial charge on any atom is 0.0682 e. The zero-order valence-corrected chi connectivity index (χ0v) is 8.33. The molecule has 0 atom stereocenters. The van der Waals surface area contributed by atoms with Crippen LogP contribution in [-0.2, 0) is 6.54 Å². The molecule has 82 valence electrons. The molecule has 0 aliphatic rings. The first-order valence-electron chi connectivity index (χ1n) is 4.37. The first-order valence-corrected chi connectivity index (χ1v) is 4.75. The molecule has 3 N–H and O–H groups in total. The lowest BCUT2D eigenvalue weighted by Crippen LogP contribution is -1.99. The van der Waals surface area contributed by atoms with E-state index < -0.39 is 0 Å². The normalized spacial score (nSPS) is 10.3. The molecule has 1 heterocycles. The van der Waals surface area contributed by atoms with Gasteiger partial charge in [-0.15, -0.1) is 0 Å². The molecule has 0 spiro atoms. The van der Waals surface area contributed by atoms with Crippen molar-refractivity contribution in [2.45, 2.75) is 14.0 Å². The van der Waals surface area contributed by atoms with E-state index in [9.17, 15) is 0 Å². The average molecular weight is 227 g/mol. The third-order valence-electron chi connectivity index (χ3n) is 2.23. The van der Waals surface area contributed by atoms with E-state index in [0.717, 1.165) is 10.9 Å². The first kappa shape index (κ1) is 11.9. The number of nitrogens with two attached hydrogens (primary N) is 1. The molecule has 15 heavy (non-hydrogen) atoms. The summed E-state index contributed by atoms with van der Waals surface area (Å²) in [5, 5.41) is 10.4. The van der Waals surface area contributed by atoms with E-state index in [1.165, 1.54) is 0 Å². The van der Waals surface area contributed by atoms with Crippen LogP contribution in [0.3, 0.4) is 0 Å². The Bertz CT molecular complexity index is 465. The fourth-order valence-corrected chi connectivity index (χ4v) is 1.94. The maximum atomic E-state index is 8.86. The predicted molar refractivity (Wildman–Crippen MR) is 65.2 cm³/mol. The fourth-order valence-electron chi connectivity index (χ4n) is 1.62. The largest absolute Gasteiger partial charge is 0.398 e. The van der Waals surface area contributed by atoms with E-state index in [-0.39, 0.29) is 14.0 Å². The average Bonchev–Trinajstić information content (AvgIpc) is 2.46. The minimum atomic E-state index is 0. The number of hydrogen-bond acceptors (Lipinski definition) is 2. The second-order valence-electron chi connectivity index (χ2n) is 3.14. The lowest BCUT2D eigenvalue weighted by atomic mass is 10.2. The zero-order chi connectivity index (χ0) is 10.1. The highest BCUT2D eigenvalue weighted by atomic mass is 35.5. The molecule has 0 radical (unpaired) electrons. The van der Waals surface area contributed by atoms with Crippen LogP contribution in [0.5, 0.6) is 0 Å². The Kier molecular flexibility index (Phi) is 3.61. The number of aliphatic hydroxyl groups is 1.